The van der Waals surface area contributed by atoms with Crippen LogP contribution in [-0.2, 0) is 14.8 Å². The van der Waals surface area contributed by atoms with Gasteiger partial charge in [0.2, 0.25) is 10.0 Å². The number of carbonyl (C=O) groups excluding carboxylic acids is 1. The average Bonchev–Trinajstić information content (AvgIpc) is 3.05. The monoisotopic (exact) mass is 367 g/mol. The van der Waals surface area contributed by atoms with E-state index >= 15 is 0 Å². The molecule has 0 bridgehead atoms. The van der Waals surface area contributed by atoms with E-state index in [9.17, 15) is 13.2 Å². The van der Waals surface area contributed by atoms with E-state index in [0.29, 0.717) is 51.5 Å². The predicted molar refractivity (Wildman–Crippen MR) is 93.7 cm³/mol. The summed E-state index contributed by atoms with van der Waals surface area (Å²) in [4.78, 5) is 14.7. The zero-order valence-corrected chi connectivity index (χ0v) is 15.3. The van der Waals surface area contributed by atoms with Gasteiger partial charge in [-0.2, -0.15) is 4.31 Å². The topological polar surface area (TPSA) is 92.9 Å². The number of nitrogens with zero attached hydrogens (tertiary/aromatic N) is 2. The summed E-state index contributed by atoms with van der Waals surface area (Å²) in [6, 6.07) is 6.30. The first-order chi connectivity index (χ1) is 11.9. The summed E-state index contributed by atoms with van der Waals surface area (Å²) in [5, 5.41) is 0. The molecule has 0 saturated carbocycles. The third-order valence-corrected chi connectivity index (χ3v) is 6.92. The lowest BCUT2D eigenvalue weighted by atomic mass is 9.90. The summed E-state index contributed by atoms with van der Waals surface area (Å²) in [7, 11) is -3.61. The zero-order valence-electron chi connectivity index (χ0n) is 14.5. The van der Waals surface area contributed by atoms with Crippen LogP contribution in [0.4, 0.5) is 0 Å². The lowest BCUT2D eigenvalue weighted by Gasteiger charge is -2.26. The molecule has 1 aromatic rings. The van der Waals surface area contributed by atoms with Crippen molar-refractivity contribution in [2.75, 3.05) is 45.9 Å². The van der Waals surface area contributed by atoms with Crippen molar-refractivity contribution in [1.82, 2.24) is 9.21 Å². The molecule has 2 N–H and O–H groups in total. The first kappa shape index (κ1) is 18.3. The molecule has 0 aliphatic carbocycles. The predicted octanol–water partition coefficient (Wildman–Crippen LogP) is 0.518. The maximum absolute atomic E-state index is 12.8. The number of carbonyl (C=O) groups is 1. The average molecular weight is 367 g/mol. The van der Waals surface area contributed by atoms with E-state index in [2.05, 4.69) is 6.92 Å². The minimum absolute atomic E-state index is 0.0624. The van der Waals surface area contributed by atoms with Crippen LogP contribution in [0.25, 0.3) is 0 Å². The number of morpholine rings is 1. The smallest absolute Gasteiger partial charge is 0.253 e. The van der Waals surface area contributed by atoms with Crippen LogP contribution in [-0.4, -0.2) is 69.5 Å². The normalized spacial score (nSPS) is 25.3. The van der Waals surface area contributed by atoms with Crippen LogP contribution in [0.2, 0.25) is 0 Å². The molecule has 1 aromatic carbocycles. The second-order valence-corrected chi connectivity index (χ2v) is 8.97. The van der Waals surface area contributed by atoms with Crippen LogP contribution >= 0.6 is 0 Å². The Hall–Kier alpha value is -1.48. The van der Waals surface area contributed by atoms with Gasteiger partial charge in [0.05, 0.1) is 18.1 Å². The third-order valence-electron chi connectivity index (χ3n) is 5.03. The van der Waals surface area contributed by atoms with E-state index in [4.69, 9.17) is 10.5 Å². The molecule has 2 fully saturated rings. The fourth-order valence-corrected chi connectivity index (χ4v) is 4.73. The molecular weight excluding hydrogens is 342 g/mol. The molecule has 2 saturated heterocycles. The summed E-state index contributed by atoms with van der Waals surface area (Å²) < 4.78 is 32.1. The molecule has 1 unspecified atom stereocenters. The van der Waals surface area contributed by atoms with Gasteiger partial charge in [-0.05, 0) is 36.6 Å². The van der Waals surface area contributed by atoms with Gasteiger partial charge in [-0.15, -0.1) is 0 Å². The maximum Gasteiger partial charge on any atom is 0.253 e. The first-order valence-electron chi connectivity index (χ1n) is 8.53. The van der Waals surface area contributed by atoms with Crippen LogP contribution in [0, 0.1) is 5.41 Å². The molecule has 138 valence electrons. The SMILES string of the molecule is CC1(CN)CCN(C(=O)c2cccc(S(=O)(=O)N3CCOCC3)c2)C1. The van der Waals surface area contributed by atoms with E-state index in [0.717, 1.165) is 6.42 Å². The van der Waals surface area contributed by atoms with Gasteiger partial charge in [-0.25, -0.2) is 8.42 Å². The molecule has 1 amide bonds. The highest BCUT2D eigenvalue weighted by Crippen LogP contribution is 2.30. The number of likely N-dealkylation sites (tertiary alicyclic amines) is 1. The molecule has 1 atom stereocenters. The Kier molecular flexibility index (Phi) is 5.15. The number of ether oxygens (including phenoxy) is 1. The van der Waals surface area contributed by atoms with Gasteiger partial charge in [0, 0.05) is 31.7 Å². The van der Waals surface area contributed by atoms with Gasteiger partial charge in [0.25, 0.3) is 5.91 Å². The highest BCUT2D eigenvalue weighted by atomic mass is 32.2. The molecule has 0 spiro atoms. The standard InChI is InChI=1S/C17H25N3O4S/c1-17(12-18)5-6-19(13-17)16(21)14-3-2-4-15(11-14)25(22,23)20-7-9-24-10-8-20/h2-4,11H,5-10,12-13,18H2,1H3. The number of rotatable bonds is 4. The molecule has 2 heterocycles. The zero-order chi connectivity index (χ0) is 18.1. The highest BCUT2D eigenvalue weighted by molar-refractivity contribution is 7.89. The van der Waals surface area contributed by atoms with Gasteiger partial charge >= 0.3 is 0 Å². The summed E-state index contributed by atoms with van der Waals surface area (Å²) in [5.41, 5.74) is 6.14. The Bertz CT molecular complexity index is 746. The number of nitrogens with two attached hydrogens (primary N) is 1. The Morgan fingerprint density at radius 1 is 1.28 bits per heavy atom. The second kappa shape index (κ2) is 7.03. The Balaban J connectivity index is 1.81. The van der Waals surface area contributed by atoms with Crippen molar-refractivity contribution in [3.05, 3.63) is 29.8 Å². The van der Waals surface area contributed by atoms with Crippen LogP contribution in [0.1, 0.15) is 23.7 Å². The van der Waals surface area contributed by atoms with Crippen molar-refractivity contribution in [3.8, 4) is 0 Å². The van der Waals surface area contributed by atoms with E-state index < -0.39 is 10.0 Å². The molecule has 8 heteroatoms. The minimum atomic E-state index is -3.61. The van der Waals surface area contributed by atoms with Crippen LogP contribution in [0.5, 0.6) is 0 Å². The van der Waals surface area contributed by atoms with Crippen molar-refractivity contribution >= 4 is 15.9 Å². The molecular formula is C17H25N3O4S. The van der Waals surface area contributed by atoms with Crippen molar-refractivity contribution in [2.45, 2.75) is 18.2 Å². The Morgan fingerprint density at radius 3 is 2.64 bits per heavy atom. The van der Waals surface area contributed by atoms with Crippen molar-refractivity contribution in [3.63, 3.8) is 0 Å². The lowest BCUT2D eigenvalue weighted by molar-refractivity contribution is 0.0730. The number of hydrogen-bond acceptors (Lipinski definition) is 5. The molecule has 0 aromatic heterocycles. The van der Waals surface area contributed by atoms with Gasteiger partial charge in [0.15, 0.2) is 0 Å². The van der Waals surface area contributed by atoms with Crippen molar-refractivity contribution in [2.24, 2.45) is 11.1 Å². The molecule has 2 aliphatic rings. The van der Waals surface area contributed by atoms with Gasteiger partial charge in [-0.1, -0.05) is 13.0 Å². The maximum atomic E-state index is 12.8. The third kappa shape index (κ3) is 3.72. The highest BCUT2D eigenvalue weighted by Gasteiger charge is 2.35. The summed E-state index contributed by atoms with van der Waals surface area (Å²) >= 11 is 0. The summed E-state index contributed by atoms with van der Waals surface area (Å²) in [6.45, 7) is 5.30. The molecule has 7 nitrogen and oxygen atoms in total. The van der Waals surface area contributed by atoms with Crippen LogP contribution < -0.4 is 5.73 Å². The summed E-state index contributed by atoms with van der Waals surface area (Å²) in [6.07, 6.45) is 0.862. The minimum Gasteiger partial charge on any atom is -0.379 e. The fraction of sp³-hybridized carbons (Fsp3) is 0.588. The molecule has 3 rings (SSSR count). The van der Waals surface area contributed by atoms with Gasteiger partial charge in [-0.3, -0.25) is 4.79 Å². The summed E-state index contributed by atoms with van der Waals surface area (Å²) in [5.74, 6) is -0.142. The van der Waals surface area contributed by atoms with Crippen molar-refractivity contribution < 1.29 is 17.9 Å². The Labute approximate surface area is 148 Å². The quantitative estimate of drug-likeness (QED) is 0.837. The van der Waals surface area contributed by atoms with Crippen molar-refractivity contribution in [1.29, 1.82) is 0 Å². The number of hydrogen-bond donors (Lipinski definition) is 1. The Morgan fingerprint density at radius 2 is 2.00 bits per heavy atom. The number of sulfonamides is 1. The molecule has 2 aliphatic heterocycles. The second-order valence-electron chi connectivity index (χ2n) is 7.04. The first-order valence-corrected chi connectivity index (χ1v) is 9.97. The lowest BCUT2D eigenvalue weighted by Crippen LogP contribution is -2.40. The van der Waals surface area contributed by atoms with Gasteiger partial charge < -0.3 is 15.4 Å². The van der Waals surface area contributed by atoms with Gasteiger partial charge in [0.1, 0.15) is 0 Å². The van der Waals surface area contributed by atoms with E-state index in [-0.39, 0.29) is 16.2 Å². The van der Waals surface area contributed by atoms with Crippen LogP contribution in [0.15, 0.2) is 29.2 Å². The fourth-order valence-electron chi connectivity index (χ4n) is 3.27. The number of amides is 1. The van der Waals surface area contributed by atoms with E-state index in [1.165, 1.54) is 16.4 Å². The van der Waals surface area contributed by atoms with Crippen LogP contribution in [0.3, 0.4) is 0 Å². The number of benzene rings is 1. The molecule has 0 radical (unpaired) electrons. The molecule has 25 heavy (non-hydrogen) atoms. The van der Waals surface area contributed by atoms with E-state index in [1.54, 1.807) is 17.0 Å². The van der Waals surface area contributed by atoms with E-state index in [1.807, 2.05) is 0 Å². The largest absolute Gasteiger partial charge is 0.379 e.